The molecule has 0 saturated carbocycles. The number of hydrogen-bond acceptors (Lipinski definition) is 4. The Bertz CT molecular complexity index is 604. The lowest BCUT2D eigenvalue weighted by molar-refractivity contribution is -0.385. The van der Waals surface area contributed by atoms with Crippen LogP contribution in [-0.4, -0.2) is 33.2 Å². The molecule has 22 heavy (non-hydrogen) atoms. The van der Waals surface area contributed by atoms with E-state index in [1.807, 2.05) is 6.92 Å². The number of rotatable bonds is 6. The van der Waals surface area contributed by atoms with E-state index in [1.165, 1.54) is 6.07 Å². The molecule has 0 aliphatic carbocycles. The Kier molecular flexibility index (Phi) is 6.48. The number of hydrogen-bond donors (Lipinski definition) is 2. The summed E-state index contributed by atoms with van der Waals surface area (Å²) < 4.78 is 11.2. The van der Waals surface area contributed by atoms with E-state index in [9.17, 15) is 19.1 Å². The maximum Gasteiger partial charge on any atom is 0.319 e. The van der Waals surface area contributed by atoms with E-state index < -0.39 is 21.8 Å². The molecule has 8 heteroatoms. The van der Waals surface area contributed by atoms with Crippen LogP contribution in [0, 0.1) is 24.0 Å². The number of benzene rings is 1. The number of urea groups is 1. The number of nitro groups is 1. The molecule has 0 heterocycles. The Hall–Kier alpha value is -1.96. The first-order valence-electron chi connectivity index (χ1n) is 6.85. The molecule has 122 valence electrons. The molecule has 0 bridgehead atoms. The number of amides is 2. The summed E-state index contributed by atoms with van der Waals surface area (Å²) in [4.78, 5) is 22.3. The summed E-state index contributed by atoms with van der Waals surface area (Å²) >= 11 is 0. The van der Waals surface area contributed by atoms with E-state index in [0.29, 0.717) is 24.2 Å². The first-order valence-corrected chi connectivity index (χ1v) is 8.47. The van der Waals surface area contributed by atoms with Gasteiger partial charge in [-0.1, -0.05) is 6.92 Å². The van der Waals surface area contributed by atoms with Crippen LogP contribution in [0.2, 0.25) is 0 Å². The third-order valence-corrected chi connectivity index (χ3v) is 4.76. The highest BCUT2D eigenvalue weighted by atomic mass is 32.2. The van der Waals surface area contributed by atoms with Gasteiger partial charge in [0, 0.05) is 40.5 Å². The summed E-state index contributed by atoms with van der Waals surface area (Å²) in [5.74, 6) is 0. The number of nitrogens with zero attached hydrogens (tertiary/aromatic N) is 1. The van der Waals surface area contributed by atoms with E-state index in [1.54, 1.807) is 26.2 Å². The van der Waals surface area contributed by atoms with Crippen LogP contribution < -0.4 is 10.6 Å². The molecule has 2 atom stereocenters. The Morgan fingerprint density at radius 1 is 1.36 bits per heavy atom. The first-order chi connectivity index (χ1) is 10.2. The average Bonchev–Trinajstić information content (AvgIpc) is 2.41. The van der Waals surface area contributed by atoms with Crippen molar-refractivity contribution in [2.75, 3.05) is 18.1 Å². The molecular weight excluding hydrogens is 306 g/mol. The molecule has 0 fully saturated rings. The molecule has 0 saturated heterocycles. The molecular formula is C14H21N3O4S. The monoisotopic (exact) mass is 327 g/mol. The summed E-state index contributed by atoms with van der Waals surface area (Å²) in [6.07, 6.45) is 2.23. The minimum atomic E-state index is -0.924. The maximum atomic E-state index is 11.8. The molecule has 0 radical (unpaired) electrons. The highest BCUT2D eigenvalue weighted by Crippen LogP contribution is 2.26. The number of nitrogens with one attached hydrogen (secondary N) is 2. The van der Waals surface area contributed by atoms with Gasteiger partial charge in [-0.05, 0) is 31.9 Å². The highest BCUT2D eigenvalue weighted by Gasteiger charge is 2.15. The van der Waals surface area contributed by atoms with Gasteiger partial charge in [0.1, 0.15) is 0 Å². The van der Waals surface area contributed by atoms with Crippen molar-refractivity contribution in [3.63, 3.8) is 0 Å². The standard InChI is InChI=1S/C14H21N3O4S/c1-9-7-10(2)13(17(19)20)8-12(9)16-14(18)15-6-5-11(3)22(4)21/h7-8,11H,5-6H2,1-4H3,(H2,15,16,18)/t11-,22-/m1/s1. The minimum Gasteiger partial charge on any atom is -0.338 e. The van der Waals surface area contributed by atoms with E-state index in [4.69, 9.17) is 0 Å². The van der Waals surface area contributed by atoms with Crippen LogP contribution in [0.4, 0.5) is 16.2 Å². The Labute approximate surface area is 132 Å². The average molecular weight is 327 g/mol. The van der Waals surface area contributed by atoms with Crippen LogP contribution in [0.1, 0.15) is 24.5 Å². The van der Waals surface area contributed by atoms with Gasteiger partial charge < -0.3 is 10.6 Å². The predicted octanol–water partition coefficient (Wildman–Crippen LogP) is 2.49. The Balaban J connectivity index is 2.66. The molecule has 2 amide bonds. The summed E-state index contributed by atoms with van der Waals surface area (Å²) in [6, 6.07) is 2.58. The number of carbonyl (C=O) groups excluding carboxylic acids is 1. The lowest BCUT2D eigenvalue weighted by Crippen LogP contribution is -2.31. The summed E-state index contributed by atoms with van der Waals surface area (Å²) in [5.41, 5.74) is 1.67. The molecule has 0 aromatic heterocycles. The fourth-order valence-corrected chi connectivity index (χ4v) is 2.34. The summed E-state index contributed by atoms with van der Waals surface area (Å²) in [5, 5.41) is 16.2. The lowest BCUT2D eigenvalue weighted by atomic mass is 10.1. The predicted molar refractivity (Wildman–Crippen MR) is 87.7 cm³/mol. The molecule has 1 aromatic carbocycles. The molecule has 0 aliphatic heterocycles. The largest absolute Gasteiger partial charge is 0.338 e. The zero-order valence-electron chi connectivity index (χ0n) is 13.1. The third kappa shape index (κ3) is 5.10. The van der Waals surface area contributed by atoms with Crippen molar-refractivity contribution in [1.29, 1.82) is 0 Å². The minimum absolute atomic E-state index is 0.00231. The third-order valence-electron chi connectivity index (χ3n) is 3.39. The van der Waals surface area contributed by atoms with Crippen molar-refractivity contribution < 1.29 is 13.9 Å². The van der Waals surface area contributed by atoms with Gasteiger partial charge in [0.2, 0.25) is 0 Å². The van der Waals surface area contributed by atoms with Crippen LogP contribution in [0.5, 0.6) is 0 Å². The Morgan fingerprint density at radius 2 is 2.00 bits per heavy atom. The smallest absolute Gasteiger partial charge is 0.319 e. The van der Waals surface area contributed by atoms with Crippen LogP contribution in [0.25, 0.3) is 0 Å². The van der Waals surface area contributed by atoms with Crippen LogP contribution >= 0.6 is 0 Å². The number of anilines is 1. The quantitative estimate of drug-likeness (QED) is 0.619. The van der Waals surface area contributed by atoms with Gasteiger partial charge in [-0.3, -0.25) is 14.3 Å². The van der Waals surface area contributed by atoms with E-state index in [-0.39, 0.29) is 10.9 Å². The molecule has 0 unspecified atom stereocenters. The molecule has 0 spiro atoms. The van der Waals surface area contributed by atoms with Gasteiger partial charge in [-0.25, -0.2) is 4.79 Å². The second-order valence-electron chi connectivity index (χ2n) is 5.19. The molecule has 0 aliphatic rings. The maximum absolute atomic E-state index is 11.8. The number of nitro benzene ring substituents is 1. The van der Waals surface area contributed by atoms with Crippen molar-refractivity contribution in [1.82, 2.24) is 5.32 Å². The molecule has 1 aromatic rings. The zero-order chi connectivity index (χ0) is 16.9. The highest BCUT2D eigenvalue weighted by molar-refractivity contribution is 7.84. The first kappa shape index (κ1) is 18.1. The normalized spacial score (nSPS) is 13.3. The van der Waals surface area contributed by atoms with E-state index in [2.05, 4.69) is 10.6 Å². The number of aryl methyl sites for hydroxylation is 2. The summed E-state index contributed by atoms with van der Waals surface area (Å²) in [7, 11) is -0.924. The van der Waals surface area contributed by atoms with Gasteiger partial charge in [-0.15, -0.1) is 0 Å². The zero-order valence-corrected chi connectivity index (χ0v) is 14.0. The van der Waals surface area contributed by atoms with Crippen LogP contribution in [0.3, 0.4) is 0 Å². The van der Waals surface area contributed by atoms with Gasteiger partial charge in [-0.2, -0.15) is 0 Å². The van der Waals surface area contributed by atoms with Crippen molar-refractivity contribution in [2.24, 2.45) is 0 Å². The fourth-order valence-electron chi connectivity index (χ4n) is 1.89. The number of carbonyl (C=O) groups is 1. The summed E-state index contributed by atoms with van der Waals surface area (Å²) in [6.45, 7) is 5.67. The van der Waals surface area contributed by atoms with E-state index >= 15 is 0 Å². The molecule has 2 N–H and O–H groups in total. The van der Waals surface area contributed by atoms with Gasteiger partial charge >= 0.3 is 6.03 Å². The topological polar surface area (TPSA) is 101 Å². The Morgan fingerprint density at radius 3 is 2.55 bits per heavy atom. The van der Waals surface area contributed by atoms with Crippen molar-refractivity contribution >= 4 is 28.2 Å². The van der Waals surface area contributed by atoms with Crippen molar-refractivity contribution in [3.05, 3.63) is 33.4 Å². The van der Waals surface area contributed by atoms with Gasteiger partial charge in [0.05, 0.1) is 10.6 Å². The van der Waals surface area contributed by atoms with Gasteiger partial charge in [0.25, 0.3) is 5.69 Å². The second kappa shape index (κ2) is 7.88. The molecule has 1 rings (SSSR count). The van der Waals surface area contributed by atoms with Gasteiger partial charge in [0.15, 0.2) is 0 Å². The fraction of sp³-hybridized carbons (Fsp3) is 0.500. The van der Waals surface area contributed by atoms with Crippen molar-refractivity contribution in [3.8, 4) is 0 Å². The lowest BCUT2D eigenvalue weighted by Gasteiger charge is -2.12. The second-order valence-corrected chi connectivity index (χ2v) is 6.99. The van der Waals surface area contributed by atoms with Crippen molar-refractivity contribution in [2.45, 2.75) is 32.4 Å². The van der Waals surface area contributed by atoms with Crippen LogP contribution in [0.15, 0.2) is 12.1 Å². The molecule has 7 nitrogen and oxygen atoms in total. The van der Waals surface area contributed by atoms with E-state index in [0.717, 1.165) is 5.56 Å². The van der Waals surface area contributed by atoms with Crippen LogP contribution in [-0.2, 0) is 10.8 Å². The SMILES string of the molecule is Cc1cc(C)c([N+](=O)[O-])cc1NC(=O)NCC[C@@H](C)[S@@](C)=O.